The molecule has 0 saturated heterocycles. The van der Waals surface area contributed by atoms with Crippen LogP contribution in [-0.2, 0) is 20.6 Å². The first-order chi connectivity index (χ1) is 11.1. The molecule has 24 heavy (non-hydrogen) atoms. The van der Waals surface area contributed by atoms with Crippen molar-refractivity contribution < 1.29 is 18.8 Å². The number of rotatable bonds is 7. The van der Waals surface area contributed by atoms with E-state index >= 15 is 0 Å². The van der Waals surface area contributed by atoms with Crippen molar-refractivity contribution in [2.45, 2.75) is 64.6 Å². The minimum absolute atomic E-state index is 0.0303. The van der Waals surface area contributed by atoms with Crippen LogP contribution in [0.5, 0.6) is 0 Å². The molecule has 0 aliphatic heterocycles. The van der Waals surface area contributed by atoms with Gasteiger partial charge in [0, 0.05) is 0 Å². The molecular weight excluding hydrogens is 322 g/mol. The van der Waals surface area contributed by atoms with Crippen LogP contribution in [0.1, 0.15) is 33.3 Å². The van der Waals surface area contributed by atoms with Crippen molar-refractivity contribution in [3.05, 3.63) is 35.9 Å². The van der Waals surface area contributed by atoms with Gasteiger partial charge in [0.25, 0.3) is 0 Å². The summed E-state index contributed by atoms with van der Waals surface area (Å²) in [6, 6.07) is 8.65. The smallest absolute Gasteiger partial charge is 0.408 e. The number of benzene rings is 1. The Morgan fingerprint density at radius 1 is 1.25 bits per heavy atom. The maximum Gasteiger partial charge on any atom is 0.408 e. The van der Waals surface area contributed by atoms with E-state index in [-0.39, 0.29) is 11.6 Å². The van der Waals surface area contributed by atoms with Gasteiger partial charge < -0.3 is 19.3 Å². The lowest BCUT2D eigenvalue weighted by atomic mass is 10.2. The van der Waals surface area contributed by atoms with Gasteiger partial charge in [-0.25, -0.2) is 4.79 Å². The molecule has 1 aromatic carbocycles. The molecule has 134 valence electrons. The summed E-state index contributed by atoms with van der Waals surface area (Å²) in [5, 5.41) is 2.61. The molecule has 0 saturated carbocycles. The van der Waals surface area contributed by atoms with Crippen molar-refractivity contribution in [1.29, 1.82) is 0 Å². The van der Waals surface area contributed by atoms with Crippen LogP contribution in [0.4, 0.5) is 4.79 Å². The standard InChI is InChI=1S/C18H29NO4Si/c1-14(23-24(5,6)18(2,3)4)16(12-20)19-17(21)22-13-15-10-8-7-9-11-15/h7-12,14,16H,13H2,1-6H3,(H,19,21)/t14-,16-/m1/s1. The predicted octanol–water partition coefficient (Wildman–Crippen LogP) is 3.89. The Morgan fingerprint density at radius 2 is 1.83 bits per heavy atom. The first kappa shape index (κ1) is 20.4. The summed E-state index contributed by atoms with van der Waals surface area (Å²) in [4.78, 5) is 23.3. The summed E-state index contributed by atoms with van der Waals surface area (Å²) >= 11 is 0. The topological polar surface area (TPSA) is 64.6 Å². The molecule has 5 nitrogen and oxygen atoms in total. The Hall–Kier alpha value is -1.66. The van der Waals surface area contributed by atoms with Crippen molar-refractivity contribution in [1.82, 2.24) is 5.32 Å². The van der Waals surface area contributed by atoms with Gasteiger partial charge in [-0.1, -0.05) is 51.1 Å². The van der Waals surface area contributed by atoms with Crippen LogP contribution in [0.2, 0.25) is 18.1 Å². The number of hydrogen-bond donors (Lipinski definition) is 1. The molecule has 1 amide bonds. The second-order valence-electron chi connectivity index (χ2n) is 7.45. The van der Waals surface area contributed by atoms with Gasteiger partial charge in [-0.3, -0.25) is 0 Å². The van der Waals surface area contributed by atoms with Crippen LogP contribution in [-0.4, -0.2) is 32.8 Å². The van der Waals surface area contributed by atoms with Gasteiger partial charge in [-0.2, -0.15) is 0 Å². The highest BCUT2D eigenvalue weighted by atomic mass is 28.4. The molecule has 1 aromatic rings. The van der Waals surface area contributed by atoms with Crippen molar-refractivity contribution >= 4 is 20.7 Å². The number of carbonyl (C=O) groups excluding carboxylic acids is 2. The van der Waals surface area contributed by atoms with Gasteiger partial charge in [-0.15, -0.1) is 0 Å². The normalized spacial score (nSPS) is 14.6. The summed E-state index contributed by atoms with van der Waals surface area (Å²) < 4.78 is 11.3. The minimum atomic E-state index is -2.02. The highest BCUT2D eigenvalue weighted by Gasteiger charge is 2.39. The Morgan fingerprint density at radius 3 is 2.33 bits per heavy atom. The van der Waals surface area contributed by atoms with E-state index in [9.17, 15) is 9.59 Å². The average molecular weight is 352 g/mol. The molecular formula is C18H29NO4Si. The molecule has 1 N–H and O–H groups in total. The first-order valence-electron chi connectivity index (χ1n) is 8.17. The zero-order valence-corrected chi connectivity index (χ0v) is 16.5. The van der Waals surface area contributed by atoms with E-state index in [1.807, 2.05) is 30.3 Å². The predicted molar refractivity (Wildman–Crippen MR) is 97.4 cm³/mol. The summed E-state index contributed by atoms with van der Waals surface area (Å²) in [5.41, 5.74) is 0.890. The molecule has 0 aliphatic carbocycles. The second-order valence-corrected chi connectivity index (χ2v) is 12.2. The van der Waals surface area contributed by atoms with Crippen molar-refractivity contribution in [2.75, 3.05) is 0 Å². The lowest BCUT2D eigenvalue weighted by Gasteiger charge is -2.39. The van der Waals surface area contributed by atoms with Gasteiger partial charge in [0.15, 0.2) is 8.32 Å². The Labute approximate surface area is 145 Å². The number of carbonyl (C=O) groups is 2. The number of aldehydes is 1. The van der Waals surface area contributed by atoms with E-state index in [4.69, 9.17) is 9.16 Å². The number of ether oxygens (including phenoxy) is 1. The van der Waals surface area contributed by atoms with Crippen molar-refractivity contribution in [3.8, 4) is 0 Å². The molecule has 0 radical (unpaired) electrons. The molecule has 0 aliphatic rings. The average Bonchev–Trinajstić information content (AvgIpc) is 2.50. The molecule has 6 heteroatoms. The van der Waals surface area contributed by atoms with Gasteiger partial charge >= 0.3 is 6.09 Å². The summed E-state index contributed by atoms with van der Waals surface area (Å²) in [6.07, 6.45) is -0.337. The number of amides is 1. The summed E-state index contributed by atoms with van der Waals surface area (Å²) in [5.74, 6) is 0. The third kappa shape index (κ3) is 6.09. The summed E-state index contributed by atoms with van der Waals surface area (Å²) in [6.45, 7) is 12.6. The number of nitrogens with one attached hydrogen (secondary N) is 1. The van der Waals surface area contributed by atoms with Crippen LogP contribution in [0.15, 0.2) is 30.3 Å². The van der Waals surface area contributed by atoms with Gasteiger partial charge in [0.2, 0.25) is 0 Å². The van der Waals surface area contributed by atoms with Gasteiger partial charge in [-0.05, 0) is 30.6 Å². The monoisotopic (exact) mass is 351 g/mol. The highest BCUT2D eigenvalue weighted by Crippen LogP contribution is 2.37. The Balaban J connectivity index is 2.56. The Bertz CT molecular complexity index is 540. The van der Waals surface area contributed by atoms with E-state index in [1.165, 1.54) is 0 Å². The molecule has 0 bridgehead atoms. The van der Waals surface area contributed by atoms with Gasteiger partial charge in [0.05, 0.1) is 6.10 Å². The zero-order chi connectivity index (χ0) is 18.4. The second kappa shape index (κ2) is 8.44. The fourth-order valence-electron chi connectivity index (χ4n) is 1.88. The zero-order valence-electron chi connectivity index (χ0n) is 15.5. The molecule has 0 fully saturated rings. The summed E-state index contributed by atoms with van der Waals surface area (Å²) in [7, 11) is -2.02. The van der Waals surface area contributed by atoms with Crippen LogP contribution in [0.3, 0.4) is 0 Å². The molecule has 1 rings (SSSR count). The number of hydrogen-bond acceptors (Lipinski definition) is 4. The van der Waals surface area contributed by atoms with Crippen LogP contribution >= 0.6 is 0 Å². The first-order valence-corrected chi connectivity index (χ1v) is 11.1. The lowest BCUT2D eigenvalue weighted by Crippen LogP contribution is -2.51. The maximum absolute atomic E-state index is 11.9. The SMILES string of the molecule is C[C@@H](O[Si](C)(C)C(C)(C)C)[C@@H](C=O)NC(=O)OCc1ccccc1. The third-order valence-corrected chi connectivity index (χ3v) is 9.01. The minimum Gasteiger partial charge on any atom is -0.445 e. The van der Waals surface area contributed by atoms with E-state index in [2.05, 4.69) is 39.2 Å². The molecule has 0 unspecified atom stereocenters. The van der Waals surface area contributed by atoms with E-state index in [0.717, 1.165) is 5.56 Å². The quantitative estimate of drug-likeness (QED) is 0.598. The van der Waals surface area contributed by atoms with Crippen LogP contribution in [0, 0.1) is 0 Å². The van der Waals surface area contributed by atoms with Crippen LogP contribution < -0.4 is 5.32 Å². The maximum atomic E-state index is 11.9. The molecule has 2 atom stereocenters. The molecule has 0 aromatic heterocycles. The number of alkyl carbamates (subject to hydrolysis) is 1. The fourth-order valence-corrected chi connectivity index (χ4v) is 3.31. The lowest BCUT2D eigenvalue weighted by molar-refractivity contribution is -0.111. The third-order valence-electron chi connectivity index (χ3n) is 4.44. The highest BCUT2D eigenvalue weighted by molar-refractivity contribution is 6.74. The van der Waals surface area contributed by atoms with Crippen LogP contribution in [0.25, 0.3) is 0 Å². The van der Waals surface area contributed by atoms with Crippen molar-refractivity contribution in [2.24, 2.45) is 0 Å². The molecule has 0 heterocycles. The Kier molecular flexibility index (Phi) is 7.17. The van der Waals surface area contributed by atoms with Gasteiger partial charge in [0.1, 0.15) is 18.9 Å². The molecule has 0 spiro atoms. The van der Waals surface area contributed by atoms with E-state index < -0.39 is 26.6 Å². The van der Waals surface area contributed by atoms with E-state index in [1.54, 1.807) is 6.92 Å². The largest absolute Gasteiger partial charge is 0.445 e. The fraction of sp³-hybridized carbons (Fsp3) is 0.556. The van der Waals surface area contributed by atoms with E-state index in [0.29, 0.717) is 6.29 Å². The van der Waals surface area contributed by atoms with Crippen molar-refractivity contribution in [3.63, 3.8) is 0 Å².